The number of nitro benzene ring substituents is 1. The number of piperidine rings is 1. The number of amides is 1. The highest BCUT2D eigenvalue weighted by Gasteiger charge is 2.25. The topological polar surface area (TPSA) is 82.0 Å². The van der Waals surface area contributed by atoms with Gasteiger partial charge in [0.05, 0.1) is 32.6 Å². The van der Waals surface area contributed by atoms with Gasteiger partial charge in [0, 0.05) is 51.4 Å². The Morgan fingerprint density at radius 1 is 1.00 bits per heavy atom. The average Bonchev–Trinajstić information content (AvgIpc) is 2.80. The van der Waals surface area contributed by atoms with Crippen LogP contribution in [0.5, 0.6) is 0 Å². The molecule has 0 radical (unpaired) electrons. The molecule has 170 valence electrons. The molecule has 2 saturated heterocycles. The van der Waals surface area contributed by atoms with E-state index in [0.29, 0.717) is 16.3 Å². The molecule has 0 saturated carbocycles. The number of likely N-dealkylation sites (N-methyl/N-ethyl adjacent to an activating group) is 1. The average molecular weight is 458 g/mol. The number of carbonyl (C=O) groups excluding carboxylic acids is 1. The zero-order chi connectivity index (χ0) is 22.7. The molecule has 0 bridgehead atoms. The van der Waals surface area contributed by atoms with Crippen LogP contribution in [0.1, 0.15) is 29.6 Å². The van der Waals surface area contributed by atoms with Crippen molar-refractivity contribution < 1.29 is 9.72 Å². The maximum Gasteiger partial charge on any atom is 0.270 e. The van der Waals surface area contributed by atoms with Crippen LogP contribution in [0.2, 0.25) is 5.02 Å². The third-order valence-corrected chi connectivity index (χ3v) is 6.49. The van der Waals surface area contributed by atoms with Gasteiger partial charge in [-0.05, 0) is 44.5 Å². The number of benzene rings is 2. The summed E-state index contributed by atoms with van der Waals surface area (Å²) in [4.78, 5) is 30.9. The van der Waals surface area contributed by atoms with Crippen LogP contribution in [0.25, 0.3) is 0 Å². The lowest BCUT2D eigenvalue weighted by Gasteiger charge is -2.35. The van der Waals surface area contributed by atoms with Gasteiger partial charge >= 0.3 is 0 Å². The lowest BCUT2D eigenvalue weighted by molar-refractivity contribution is -0.384. The highest BCUT2D eigenvalue weighted by Crippen LogP contribution is 2.36. The minimum atomic E-state index is -0.466. The van der Waals surface area contributed by atoms with E-state index in [1.807, 2.05) is 12.1 Å². The number of nitrogens with zero attached hydrogens (tertiary/aromatic N) is 4. The number of rotatable bonds is 5. The van der Waals surface area contributed by atoms with E-state index in [2.05, 4.69) is 27.1 Å². The van der Waals surface area contributed by atoms with Gasteiger partial charge in [0.25, 0.3) is 11.6 Å². The second kappa shape index (κ2) is 9.75. The lowest BCUT2D eigenvalue weighted by atomic mass is 10.1. The number of anilines is 3. The van der Waals surface area contributed by atoms with Gasteiger partial charge in [0.15, 0.2) is 0 Å². The summed E-state index contributed by atoms with van der Waals surface area (Å²) >= 11 is 6.54. The minimum absolute atomic E-state index is 0.0960. The van der Waals surface area contributed by atoms with Crippen molar-refractivity contribution in [3.63, 3.8) is 0 Å². The van der Waals surface area contributed by atoms with Gasteiger partial charge in [0.2, 0.25) is 0 Å². The van der Waals surface area contributed by atoms with Crippen LogP contribution in [0.4, 0.5) is 22.7 Å². The highest BCUT2D eigenvalue weighted by atomic mass is 35.5. The molecule has 32 heavy (non-hydrogen) atoms. The number of halogens is 1. The molecule has 2 aliphatic heterocycles. The fourth-order valence-electron chi connectivity index (χ4n) is 4.39. The van der Waals surface area contributed by atoms with Crippen molar-refractivity contribution in [1.29, 1.82) is 0 Å². The van der Waals surface area contributed by atoms with Crippen molar-refractivity contribution in [3.05, 3.63) is 57.1 Å². The fourth-order valence-corrected chi connectivity index (χ4v) is 4.68. The molecular formula is C23H28ClN5O3. The Kier molecular flexibility index (Phi) is 6.81. The van der Waals surface area contributed by atoms with Crippen molar-refractivity contribution in [2.24, 2.45) is 0 Å². The van der Waals surface area contributed by atoms with Crippen LogP contribution >= 0.6 is 11.6 Å². The molecule has 2 fully saturated rings. The standard InChI is InChI=1S/C23H28ClN5O3/c1-26-12-14-28(15-13-26)22-19(24)6-5-7-20(22)25-23(30)18-16-17(29(31)32)8-9-21(18)27-10-3-2-4-11-27/h5-9,16H,2-4,10-15H2,1H3,(H,25,30). The van der Waals surface area contributed by atoms with Crippen LogP contribution in [0.3, 0.4) is 0 Å². The molecule has 8 nitrogen and oxygen atoms in total. The maximum absolute atomic E-state index is 13.4. The third kappa shape index (κ3) is 4.81. The Hall–Kier alpha value is -2.84. The molecule has 2 heterocycles. The molecule has 9 heteroatoms. The first-order chi connectivity index (χ1) is 15.4. The van der Waals surface area contributed by atoms with Gasteiger partial charge in [0.1, 0.15) is 0 Å². The number of para-hydroxylation sites is 1. The van der Waals surface area contributed by atoms with Crippen molar-refractivity contribution in [3.8, 4) is 0 Å². The van der Waals surface area contributed by atoms with Gasteiger partial charge < -0.3 is 20.0 Å². The predicted molar refractivity (Wildman–Crippen MR) is 128 cm³/mol. The quantitative estimate of drug-likeness (QED) is 0.534. The molecule has 4 rings (SSSR count). The van der Waals surface area contributed by atoms with Gasteiger partial charge in [-0.3, -0.25) is 14.9 Å². The van der Waals surface area contributed by atoms with Gasteiger partial charge in [-0.25, -0.2) is 0 Å². The smallest absolute Gasteiger partial charge is 0.270 e. The van der Waals surface area contributed by atoms with Crippen LogP contribution in [0, 0.1) is 10.1 Å². The lowest BCUT2D eigenvalue weighted by Crippen LogP contribution is -2.44. The Morgan fingerprint density at radius 2 is 1.72 bits per heavy atom. The number of nitrogens with one attached hydrogen (secondary N) is 1. The van der Waals surface area contributed by atoms with Gasteiger partial charge in [-0.1, -0.05) is 17.7 Å². The SMILES string of the molecule is CN1CCN(c2c(Cl)cccc2NC(=O)c2cc([N+](=O)[O-])ccc2N2CCCCC2)CC1. The molecule has 2 aromatic rings. The first-order valence-electron chi connectivity index (χ1n) is 11.0. The summed E-state index contributed by atoms with van der Waals surface area (Å²) in [5.74, 6) is -0.369. The zero-order valence-electron chi connectivity index (χ0n) is 18.2. The molecule has 0 aromatic heterocycles. The predicted octanol–water partition coefficient (Wildman–Crippen LogP) is 4.24. The van der Waals surface area contributed by atoms with E-state index in [1.54, 1.807) is 12.1 Å². The highest BCUT2D eigenvalue weighted by molar-refractivity contribution is 6.34. The fraction of sp³-hybridized carbons (Fsp3) is 0.435. The summed E-state index contributed by atoms with van der Waals surface area (Å²) in [6.07, 6.45) is 3.24. The number of piperazine rings is 1. The number of hydrogen-bond donors (Lipinski definition) is 1. The summed E-state index contributed by atoms with van der Waals surface area (Å²) < 4.78 is 0. The molecule has 1 N–H and O–H groups in total. The normalized spacial score (nSPS) is 17.3. The minimum Gasteiger partial charge on any atom is -0.371 e. The van der Waals surface area contributed by atoms with E-state index in [4.69, 9.17) is 11.6 Å². The van der Waals surface area contributed by atoms with E-state index in [1.165, 1.54) is 12.1 Å². The maximum atomic E-state index is 13.4. The van der Waals surface area contributed by atoms with E-state index in [9.17, 15) is 14.9 Å². The summed E-state index contributed by atoms with van der Waals surface area (Å²) in [6.45, 7) is 5.09. The van der Waals surface area contributed by atoms with E-state index in [0.717, 1.165) is 69.9 Å². The summed E-state index contributed by atoms with van der Waals surface area (Å²) in [6, 6.07) is 9.98. The Bertz CT molecular complexity index is 1000. The van der Waals surface area contributed by atoms with Crippen LogP contribution in [-0.4, -0.2) is 62.0 Å². The molecule has 0 spiro atoms. The Balaban J connectivity index is 1.66. The van der Waals surface area contributed by atoms with Crippen LogP contribution in [-0.2, 0) is 0 Å². The van der Waals surface area contributed by atoms with Crippen LogP contribution in [0.15, 0.2) is 36.4 Å². The summed E-state index contributed by atoms with van der Waals surface area (Å²) in [5, 5.41) is 15.0. The second-order valence-electron chi connectivity index (χ2n) is 8.39. The monoisotopic (exact) mass is 457 g/mol. The third-order valence-electron chi connectivity index (χ3n) is 6.19. The van der Waals surface area contributed by atoms with Crippen LogP contribution < -0.4 is 15.1 Å². The summed E-state index contributed by atoms with van der Waals surface area (Å²) in [7, 11) is 2.08. The molecular weight excluding hydrogens is 430 g/mol. The molecule has 1 amide bonds. The van der Waals surface area contributed by atoms with E-state index >= 15 is 0 Å². The number of non-ortho nitro benzene ring substituents is 1. The first-order valence-corrected chi connectivity index (χ1v) is 11.4. The number of carbonyl (C=O) groups is 1. The van der Waals surface area contributed by atoms with Gasteiger partial charge in [-0.15, -0.1) is 0 Å². The Morgan fingerprint density at radius 3 is 2.41 bits per heavy atom. The van der Waals surface area contributed by atoms with Crippen molar-refractivity contribution in [1.82, 2.24) is 4.90 Å². The summed E-state index contributed by atoms with van der Waals surface area (Å²) in [5.41, 5.74) is 2.35. The molecule has 2 aliphatic rings. The largest absolute Gasteiger partial charge is 0.371 e. The van der Waals surface area contributed by atoms with Crippen molar-refractivity contribution >= 4 is 40.3 Å². The number of nitro groups is 1. The second-order valence-corrected chi connectivity index (χ2v) is 8.79. The first kappa shape index (κ1) is 22.4. The zero-order valence-corrected chi connectivity index (χ0v) is 19.0. The number of hydrogen-bond acceptors (Lipinski definition) is 6. The van der Waals surface area contributed by atoms with Crippen molar-refractivity contribution in [2.45, 2.75) is 19.3 Å². The Labute approximate surface area is 192 Å². The van der Waals surface area contributed by atoms with Gasteiger partial charge in [-0.2, -0.15) is 0 Å². The molecule has 0 atom stereocenters. The van der Waals surface area contributed by atoms with E-state index in [-0.39, 0.29) is 11.6 Å². The van der Waals surface area contributed by atoms with E-state index < -0.39 is 4.92 Å². The molecule has 2 aromatic carbocycles. The van der Waals surface area contributed by atoms with Crippen molar-refractivity contribution in [2.75, 3.05) is 61.4 Å². The molecule has 0 unspecified atom stereocenters. The molecule has 0 aliphatic carbocycles.